The lowest BCUT2D eigenvalue weighted by Crippen LogP contribution is -2.30. The summed E-state index contributed by atoms with van der Waals surface area (Å²) in [6.07, 6.45) is 7.69. The van der Waals surface area contributed by atoms with Crippen LogP contribution in [0.1, 0.15) is 75.7 Å². The van der Waals surface area contributed by atoms with Gasteiger partial charge in [-0.2, -0.15) is 0 Å². The van der Waals surface area contributed by atoms with Crippen LogP contribution in [0, 0.1) is 0 Å². The van der Waals surface area contributed by atoms with Crippen LogP contribution < -0.4 is 4.74 Å². The molecule has 0 saturated carbocycles. The Hall–Kier alpha value is -3.70. The average molecular weight is 524 g/mol. The molecule has 0 aliphatic rings. The molecule has 3 aromatic carbocycles. The van der Waals surface area contributed by atoms with E-state index in [0.717, 1.165) is 63.1 Å². The van der Waals surface area contributed by atoms with Crippen LogP contribution in [-0.4, -0.2) is 20.4 Å². The van der Waals surface area contributed by atoms with Gasteiger partial charge in [0.2, 0.25) is 0 Å². The molecule has 5 nitrogen and oxygen atoms in total. The molecule has 0 saturated heterocycles. The highest BCUT2D eigenvalue weighted by molar-refractivity contribution is 5.69. The minimum absolute atomic E-state index is 0.208. The van der Waals surface area contributed by atoms with Crippen LogP contribution >= 0.6 is 0 Å². The molecule has 5 heteroatoms. The predicted molar refractivity (Wildman–Crippen MR) is 158 cm³/mol. The Morgan fingerprint density at radius 1 is 0.846 bits per heavy atom. The molecular weight excluding hydrogens is 482 g/mol. The van der Waals surface area contributed by atoms with Gasteiger partial charge in [0.05, 0.1) is 17.9 Å². The van der Waals surface area contributed by atoms with Crippen LogP contribution in [0.2, 0.25) is 0 Å². The number of carbonyl (C=O) groups is 1. The Labute approximate surface area is 233 Å². The molecule has 204 valence electrons. The standard InChI is InChI=1S/C34H41N3O2/c1-4-6-18-32(33-24-35-34(37(33)23-7-5-2)30-16-12-9-13-17-30)36(25-28-14-10-8-11-15-28)26-29-19-21-31(22-20-29)39-27(3)38/h8-17,19-22,24,32H,4-7,18,23,25-26H2,1-3H3. The van der Waals surface area contributed by atoms with Crippen molar-refractivity contribution >= 4 is 5.97 Å². The monoisotopic (exact) mass is 523 g/mol. The Balaban J connectivity index is 1.74. The molecule has 1 unspecified atom stereocenters. The van der Waals surface area contributed by atoms with Crippen molar-refractivity contribution in [3.63, 3.8) is 0 Å². The first-order valence-electron chi connectivity index (χ1n) is 14.2. The fraction of sp³-hybridized carbons (Fsp3) is 0.353. The third-order valence-corrected chi connectivity index (χ3v) is 7.07. The third kappa shape index (κ3) is 7.90. The molecule has 4 rings (SSSR count). The van der Waals surface area contributed by atoms with E-state index >= 15 is 0 Å². The second-order valence-corrected chi connectivity index (χ2v) is 10.2. The van der Waals surface area contributed by atoms with Crippen LogP contribution in [0.4, 0.5) is 0 Å². The van der Waals surface area contributed by atoms with Crippen LogP contribution in [0.15, 0.2) is 91.1 Å². The topological polar surface area (TPSA) is 47.4 Å². The Kier molecular flexibility index (Phi) is 10.5. The highest BCUT2D eigenvalue weighted by atomic mass is 16.5. The average Bonchev–Trinajstić information content (AvgIpc) is 3.37. The summed E-state index contributed by atoms with van der Waals surface area (Å²) in [5, 5.41) is 0. The van der Waals surface area contributed by atoms with Crippen LogP contribution in [0.3, 0.4) is 0 Å². The van der Waals surface area contributed by atoms with Gasteiger partial charge in [-0.1, -0.05) is 106 Å². The molecule has 0 amide bonds. The molecule has 0 N–H and O–H groups in total. The molecule has 1 heterocycles. The number of aromatic nitrogens is 2. The number of hydrogen-bond acceptors (Lipinski definition) is 4. The SMILES string of the molecule is CCCCC(c1cnc(-c2ccccc2)n1CCCC)N(Cc1ccccc1)Cc1ccc(OC(C)=O)cc1. The number of ether oxygens (including phenoxy) is 1. The molecule has 0 aliphatic carbocycles. The van der Waals surface area contributed by atoms with Gasteiger partial charge in [0.25, 0.3) is 0 Å². The molecular formula is C34H41N3O2. The largest absolute Gasteiger partial charge is 0.427 e. The number of imidazole rings is 1. The highest BCUT2D eigenvalue weighted by Crippen LogP contribution is 2.33. The molecule has 1 atom stereocenters. The first kappa shape index (κ1) is 28.3. The summed E-state index contributed by atoms with van der Waals surface area (Å²) >= 11 is 0. The molecule has 0 fully saturated rings. The Morgan fingerprint density at radius 2 is 1.46 bits per heavy atom. The van der Waals surface area contributed by atoms with Crippen molar-refractivity contribution in [3.05, 3.63) is 108 Å². The first-order valence-corrected chi connectivity index (χ1v) is 14.2. The summed E-state index contributed by atoms with van der Waals surface area (Å²) in [7, 11) is 0. The van der Waals surface area contributed by atoms with Crippen molar-refractivity contribution in [1.29, 1.82) is 0 Å². The van der Waals surface area contributed by atoms with Crippen molar-refractivity contribution in [1.82, 2.24) is 14.5 Å². The van der Waals surface area contributed by atoms with Gasteiger partial charge < -0.3 is 9.30 Å². The van der Waals surface area contributed by atoms with Gasteiger partial charge in [0, 0.05) is 32.1 Å². The van der Waals surface area contributed by atoms with Gasteiger partial charge >= 0.3 is 5.97 Å². The first-order chi connectivity index (χ1) is 19.1. The summed E-state index contributed by atoms with van der Waals surface area (Å²) in [6, 6.07) is 29.4. The summed E-state index contributed by atoms with van der Waals surface area (Å²) < 4.78 is 7.73. The summed E-state index contributed by atoms with van der Waals surface area (Å²) in [6.45, 7) is 8.50. The normalized spacial score (nSPS) is 12.0. The number of nitrogens with zero attached hydrogens (tertiary/aromatic N) is 3. The second kappa shape index (κ2) is 14.5. The number of benzene rings is 3. The van der Waals surface area contributed by atoms with Crippen molar-refractivity contribution in [2.75, 3.05) is 0 Å². The predicted octanol–water partition coefficient (Wildman–Crippen LogP) is 8.21. The molecule has 0 spiro atoms. The number of carbonyl (C=O) groups excluding carboxylic acids is 1. The van der Waals surface area contributed by atoms with E-state index in [0.29, 0.717) is 5.75 Å². The lowest BCUT2D eigenvalue weighted by Gasteiger charge is -2.33. The number of unbranched alkanes of at least 4 members (excludes halogenated alkanes) is 2. The number of hydrogen-bond donors (Lipinski definition) is 0. The summed E-state index contributed by atoms with van der Waals surface area (Å²) in [5.41, 5.74) is 4.91. The lowest BCUT2D eigenvalue weighted by atomic mass is 10.0. The van der Waals surface area contributed by atoms with E-state index in [1.807, 2.05) is 12.1 Å². The van der Waals surface area contributed by atoms with E-state index in [-0.39, 0.29) is 12.0 Å². The van der Waals surface area contributed by atoms with Gasteiger partial charge in [-0.3, -0.25) is 9.69 Å². The number of rotatable bonds is 14. The van der Waals surface area contributed by atoms with E-state index in [1.165, 1.54) is 23.7 Å². The highest BCUT2D eigenvalue weighted by Gasteiger charge is 2.26. The van der Waals surface area contributed by atoms with Gasteiger partial charge in [-0.05, 0) is 36.1 Å². The minimum Gasteiger partial charge on any atom is -0.427 e. The molecule has 39 heavy (non-hydrogen) atoms. The smallest absolute Gasteiger partial charge is 0.308 e. The summed E-state index contributed by atoms with van der Waals surface area (Å²) in [5.74, 6) is 1.32. The fourth-order valence-electron chi connectivity index (χ4n) is 5.10. The summed E-state index contributed by atoms with van der Waals surface area (Å²) in [4.78, 5) is 19.0. The zero-order valence-electron chi connectivity index (χ0n) is 23.6. The van der Waals surface area contributed by atoms with Crippen LogP contribution in [0.25, 0.3) is 11.4 Å². The van der Waals surface area contributed by atoms with Crippen LogP contribution in [0.5, 0.6) is 5.75 Å². The van der Waals surface area contributed by atoms with E-state index in [4.69, 9.17) is 9.72 Å². The maximum atomic E-state index is 11.4. The Bertz CT molecular complexity index is 1280. The second-order valence-electron chi connectivity index (χ2n) is 10.2. The van der Waals surface area contributed by atoms with E-state index in [9.17, 15) is 4.79 Å². The zero-order chi connectivity index (χ0) is 27.5. The van der Waals surface area contributed by atoms with Crippen molar-refractivity contribution < 1.29 is 9.53 Å². The third-order valence-electron chi connectivity index (χ3n) is 7.07. The number of esters is 1. The zero-order valence-corrected chi connectivity index (χ0v) is 23.6. The van der Waals surface area contributed by atoms with E-state index < -0.39 is 0 Å². The van der Waals surface area contributed by atoms with Crippen LogP contribution in [-0.2, 0) is 24.4 Å². The fourth-order valence-corrected chi connectivity index (χ4v) is 5.10. The van der Waals surface area contributed by atoms with Gasteiger partial charge in [0.15, 0.2) is 0 Å². The molecule has 4 aromatic rings. The Morgan fingerprint density at radius 3 is 2.08 bits per heavy atom. The molecule has 0 bridgehead atoms. The van der Waals surface area contributed by atoms with Crippen molar-refractivity contribution in [2.45, 2.75) is 78.6 Å². The van der Waals surface area contributed by atoms with Crippen molar-refractivity contribution in [2.24, 2.45) is 0 Å². The van der Waals surface area contributed by atoms with Gasteiger partial charge in [-0.25, -0.2) is 4.98 Å². The van der Waals surface area contributed by atoms with E-state index in [2.05, 4.69) is 102 Å². The van der Waals surface area contributed by atoms with Crippen molar-refractivity contribution in [3.8, 4) is 17.1 Å². The van der Waals surface area contributed by atoms with Gasteiger partial charge in [-0.15, -0.1) is 0 Å². The minimum atomic E-state index is -0.303. The molecule has 0 aliphatic heterocycles. The molecule has 0 radical (unpaired) electrons. The molecule has 1 aromatic heterocycles. The quantitative estimate of drug-likeness (QED) is 0.123. The lowest BCUT2D eigenvalue weighted by molar-refractivity contribution is -0.131. The van der Waals surface area contributed by atoms with Gasteiger partial charge in [0.1, 0.15) is 11.6 Å². The van der Waals surface area contributed by atoms with E-state index in [1.54, 1.807) is 0 Å². The maximum Gasteiger partial charge on any atom is 0.308 e. The maximum absolute atomic E-state index is 11.4.